The molecule has 2 aliphatic heterocycles. The molecule has 11 heteroatoms. The van der Waals surface area contributed by atoms with E-state index in [0.717, 1.165) is 21.7 Å². The van der Waals surface area contributed by atoms with E-state index in [1.807, 2.05) is 93.6 Å². The first-order valence-electron chi connectivity index (χ1n) is 11.0. The van der Waals surface area contributed by atoms with E-state index in [9.17, 15) is 0 Å². The van der Waals surface area contributed by atoms with Crippen LogP contribution in [0, 0.1) is 0 Å². The van der Waals surface area contributed by atoms with E-state index in [4.69, 9.17) is 0 Å². The second kappa shape index (κ2) is 9.47. The highest BCUT2D eigenvalue weighted by Crippen LogP contribution is 2.50. The van der Waals surface area contributed by atoms with E-state index in [1.54, 1.807) is 0 Å². The van der Waals surface area contributed by atoms with Crippen LogP contribution in [0.2, 0.25) is 0 Å². The van der Waals surface area contributed by atoms with Crippen molar-refractivity contribution in [1.29, 1.82) is 0 Å². The van der Waals surface area contributed by atoms with Gasteiger partial charge >= 0.3 is 0 Å². The summed E-state index contributed by atoms with van der Waals surface area (Å²) in [5.41, 5.74) is 2.00. The molecule has 0 N–H and O–H groups in total. The number of tetrazole rings is 2. The van der Waals surface area contributed by atoms with Gasteiger partial charge in [-0.25, -0.2) is 0 Å². The first kappa shape index (κ1) is 21.2. The molecule has 2 fully saturated rings. The second-order valence-corrected chi connectivity index (χ2v) is 12.0. The zero-order valence-electron chi connectivity index (χ0n) is 17.7. The number of nitrogens with zero attached hydrogens (tertiary/aromatic N) is 8. The quantitative estimate of drug-likeness (QED) is 0.389. The second-order valence-electron chi connectivity index (χ2n) is 8.10. The summed E-state index contributed by atoms with van der Waals surface area (Å²) in [5, 5.41) is 29.0. The lowest BCUT2D eigenvalue weighted by molar-refractivity contribution is 0.506. The maximum atomic E-state index is 4.32. The lowest BCUT2D eigenvalue weighted by Crippen LogP contribution is -2.39. The van der Waals surface area contributed by atoms with Crippen molar-refractivity contribution in [3.05, 3.63) is 60.7 Å². The predicted octanol–water partition coefficient (Wildman–Crippen LogP) is 4.32. The predicted molar refractivity (Wildman–Crippen MR) is 131 cm³/mol. The summed E-state index contributed by atoms with van der Waals surface area (Å²) in [6, 6.07) is 20.2. The van der Waals surface area contributed by atoms with Crippen LogP contribution in [0.25, 0.3) is 11.4 Å². The van der Waals surface area contributed by atoms with Gasteiger partial charge in [-0.2, -0.15) is 21.1 Å². The Morgan fingerprint density at radius 2 is 1.09 bits per heavy atom. The molecule has 0 radical (unpaired) electrons. The van der Waals surface area contributed by atoms with Crippen LogP contribution >= 0.6 is 35.3 Å². The topological polar surface area (TPSA) is 87.2 Å². The summed E-state index contributed by atoms with van der Waals surface area (Å²) in [5.74, 6) is 0. The van der Waals surface area contributed by atoms with E-state index in [2.05, 4.69) is 42.8 Å². The summed E-state index contributed by atoms with van der Waals surface area (Å²) in [7, 11) is 0. The van der Waals surface area contributed by atoms with E-state index in [1.165, 1.54) is 25.7 Å². The van der Waals surface area contributed by atoms with Gasteiger partial charge in [-0.3, -0.25) is 0 Å². The van der Waals surface area contributed by atoms with E-state index in [0.29, 0.717) is 21.0 Å². The van der Waals surface area contributed by atoms with Crippen LogP contribution in [0.1, 0.15) is 25.7 Å². The summed E-state index contributed by atoms with van der Waals surface area (Å²) >= 11 is 5.80. The summed E-state index contributed by atoms with van der Waals surface area (Å²) < 4.78 is 3.71. The first-order valence-corrected chi connectivity index (χ1v) is 13.7. The van der Waals surface area contributed by atoms with Crippen molar-refractivity contribution >= 4 is 35.3 Å². The van der Waals surface area contributed by atoms with E-state index in [-0.39, 0.29) is 0 Å². The molecule has 2 aliphatic rings. The first-order chi connectivity index (χ1) is 16.3. The molecule has 8 nitrogen and oxygen atoms in total. The van der Waals surface area contributed by atoms with Crippen molar-refractivity contribution in [2.75, 3.05) is 0 Å². The average Bonchev–Trinajstić information content (AvgIpc) is 3.53. The van der Waals surface area contributed by atoms with Crippen molar-refractivity contribution < 1.29 is 0 Å². The fraction of sp³-hybridized carbons (Fsp3) is 0.364. The van der Waals surface area contributed by atoms with Crippen LogP contribution in [0.15, 0.2) is 71.0 Å². The van der Waals surface area contributed by atoms with Gasteiger partial charge in [0.05, 0.1) is 11.4 Å². The molecule has 168 valence electrons. The molecular formula is C22H22N8S3. The zero-order chi connectivity index (χ0) is 22.0. The molecule has 2 saturated heterocycles. The number of aromatic nitrogens is 8. The third-order valence-corrected chi connectivity index (χ3v) is 10.9. The van der Waals surface area contributed by atoms with Crippen LogP contribution in [-0.4, -0.2) is 61.4 Å². The van der Waals surface area contributed by atoms with Gasteiger partial charge in [0.1, 0.15) is 0 Å². The van der Waals surface area contributed by atoms with Crippen LogP contribution in [0.5, 0.6) is 0 Å². The Morgan fingerprint density at radius 1 is 0.636 bits per heavy atom. The average molecular weight is 495 g/mol. The maximum Gasteiger partial charge on any atom is 0.214 e. The summed E-state index contributed by atoms with van der Waals surface area (Å²) in [6.07, 6.45) is 4.73. The molecule has 0 aliphatic carbocycles. The minimum Gasteiger partial charge on any atom is -0.188 e. The van der Waals surface area contributed by atoms with Crippen LogP contribution in [0.4, 0.5) is 0 Å². The molecule has 0 saturated carbocycles. The number of benzene rings is 2. The van der Waals surface area contributed by atoms with Gasteiger partial charge in [-0.05, 0) is 70.8 Å². The van der Waals surface area contributed by atoms with Gasteiger partial charge in [-0.15, -0.1) is 10.2 Å². The van der Waals surface area contributed by atoms with Gasteiger partial charge < -0.3 is 0 Å². The molecular weight excluding hydrogens is 472 g/mol. The molecule has 2 aromatic heterocycles. The Balaban J connectivity index is 1.12. The number of para-hydroxylation sites is 2. The number of thioether (sulfide) groups is 3. The maximum absolute atomic E-state index is 4.32. The molecule has 2 bridgehead atoms. The van der Waals surface area contributed by atoms with Crippen molar-refractivity contribution in [3.63, 3.8) is 0 Å². The van der Waals surface area contributed by atoms with Gasteiger partial charge in [0, 0.05) is 21.0 Å². The van der Waals surface area contributed by atoms with Crippen molar-refractivity contribution in [1.82, 2.24) is 40.4 Å². The van der Waals surface area contributed by atoms with Crippen LogP contribution in [-0.2, 0) is 0 Å². The van der Waals surface area contributed by atoms with Gasteiger partial charge in [-0.1, -0.05) is 59.9 Å². The molecule has 2 aromatic carbocycles. The lowest BCUT2D eigenvalue weighted by Gasteiger charge is -2.43. The van der Waals surface area contributed by atoms with Crippen LogP contribution < -0.4 is 0 Å². The molecule has 4 heterocycles. The minimum absolute atomic E-state index is 0.528. The highest BCUT2D eigenvalue weighted by molar-refractivity contribution is 8.06. The third-order valence-electron chi connectivity index (χ3n) is 6.05. The van der Waals surface area contributed by atoms with Gasteiger partial charge in [0.25, 0.3) is 0 Å². The Hall–Kier alpha value is -2.37. The van der Waals surface area contributed by atoms with Crippen molar-refractivity contribution in [2.45, 2.75) is 57.0 Å². The van der Waals surface area contributed by atoms with Crippen LogP contribution in [0.3, 0.4) is 0 Å². The molecule has 6 rings (SSSR count). The summed E-state index contributed by atoms with van der Waals surface area (Å²) in [6.45, 7) is 0. The third kappa shape index (κ3) is 4.41. The van der Waals surface area contributed by atoms with Crippen molar-refractivity contribution in [3.8, 4) is 11.4 Å². The van der Waals surface area contributed by atoms with Crippen molar-refractivity contribution in [2.24, 2.45) is 0 Å². The van der Waals surface area contributed by atoms with Gasteiger partial charge in [0.2, 0.25) is 10.3 Å². The Morgan fingerprint density at radius 3 is 1.55 bits per heavy atom. The molecule has 33 heavy (non-hydrogen) atoms. The standard InChI is InChI=1S/C22H22N8S3/c1-3-7-15(8-4-1)29-21(23-25-27-29)32-19-13-11-18-20(14-12-17(19)31-18)33-22-24-26-28-30(22)16-9-5-2-6-10-16/h1-10,17-20H,11-14H2/t17-,18-,19-,20+/m1/s1. The normalized spacial score (nSPS) is 24.6. The summed E-state index contributed by atoms with van der Waals surface area (Å²) in [4.78, 5) is 0. The molecule has 0 amide bonds. The lowest BCUT2D eigenvalue weighted by atomic mass is 9.98. The molecule has 4 atom stereocenters. The van der Waals surface area contributed by atoms with E-state index < -0.39 is 0 Å². The fourth-order valence-corrected chi connectivity index (χ4v) is 9.05. The number of fused-ring (bicyclic) bond motifs is 2. The minimum atomic E-state index is 0.528. The Labute approximate surface area is 204 Å². The zero-order valence-corrected chi connectivity index (χ0v) is 20.2. The molecule has 0 unspecified atom stereocenters. The van der Waals surface area contributed by atoms with Gasteiger partial charge in [0.15, 0.2) is 0 Å². The Kier molecular flexibility index (Phi) is 6.08. The number of hydrogen-bond donors (Lipinski definition) is 0. The fourth-order valence-electron chi connectivity index (χ4n) is 4.44. The highest BCUT2D eigenvalue weighted by atomic mass is 32.2. The van der Waals surface area contributed by atoms with E-state index >= 15 is 0 Å². The molecule has 4 aromatic rings. The largest absolute Gasteiger partial charge is 0.214 e. The highest BCUT2D eigenvalue weighted by Gasteiger charge is 2.41. The number of hydrogen-bond acceptors (Lipinski definition) is 9. The smallest absolute Gasteiger partial charge is 0.188 e. The SMILES string of the molecule is c1ccc(-n2nnnc2S[C@H]2CC[C@H]3S[C@@H]2CC[C@H]3Sc2nnnn2-c2ccccc2)cc1. The Bertz CT molecular complexity index is 1100. The number of rotatable bonds is 6. The molecule has 0 spiro atoms. The monoisotopic (exact) mass is 494 g/mol.